The van der Waals surface area contributed by atoms with Crippen molar-refractivity contribution in [1.29, 1.82) is 0 Å². The zero-order valence-electron chi connectivity index (χ0n) is 20.2. The first kappa shape index (κ1) is 25.4. The Balaban J connectivity index is 2.00. The number of hydrogen-bond donors (Lipinski definition) is 1. The van der Waals surface area contributed by atoms with Gasteiger partial charge < -0.3 is 10.1 Å². The Morgan fingerprint density at radius 1 is 1.03 bits per heavy atom. The monoisotopic (exact) mass is 440 g/mol. The molecule has 0 bridgehead atoms. The van der Waals surface area contributed by atoms with Crippen LogP contribution in [0.2, 0.25) is 0 Å². The first-order chi connectivity index (χ1) is 15.0. The number of benzene rings is 2. The molecule has 0 fully saturated rings. The van der Waals surface area contributed by atoms with Gasteiger partial charge in [-0.25, -0.2) is 0 Å². The van der Waals surface area contributed by atoms with Crippen LogP contribution in [0.3, 0.4) is 0 Å². The minimum absolute atomic E-state index is 0.0193. The maximum absolute atomic E-state index is 12.2. The molecule has 1 amide bonds. The number of nitrogens with zero attached hydrogens (tertiary/aromatic N) is 1. The Morgan fingerprint density at radius 3 is 2.34 bits per heavy atom. The van der Waals surface area contributed by atoms with Gasteiger partial charge in [-0.2, -0.15) is 0 Å². The maximum atomic E-state index is 12.2. The molecule has 0 unspecified atom stereocenters. The molecular weight excluding hydrogens is 404 g/mol. The lowest BCUT2D eigenvalue weighted by atomic mass is 9.76. The van der Waals surface area contributed by atoms with Crippen LogP contribution in [0.15, 0.2) is 42.5 Å². The van der Waals surface area contributed by atoms with E-state index in [-0.39, 0.29) is 28.8 Å². The third-order valence-electron chi connectivity index (χ3n) is 6.40. The van der Waals surface area contributed by atoms with Crippen molar-refractivity contribution < 1.29 is 14.5 Å². The van der Waals surface area contributed by atoms with Crippen molar-refractivity contribution >= 4 is 17.3 Å². The Bertz CT molecular complexity index is 951. The van der Waals surface area contributed by atoms with Gasteiger partial charge in [0, 0.05) is 29.8 Å². The van der Waals surface area contributed by atoms with E-state index in [2.05, 4.69) is 65.1 Å². The van der Waals surface area contributed by atoms with Gasteiger partial charge in [-0.3, -0.25) is 14.9 Å². The SMILES string of the molecule is CCC(C)(C)c1ccc(OCCCC(=O)Nc2cccc([N+](=O)[O-])c2)c(C(C)(C)CC)c1. The van der Waals surface area contributed by atoms with E-state index < -0.39 is 4.92 Å². The molecule has 6 heteroatoms. The van der Waals surface area contributed by atoms with Crippen molar-refractivity contribution in [1.82, 2.24) is 0 Å². The van der Waals surface area contributed by atoms with E-state index in [0.29, 0.717) is 18.7 Å². The summed E-state index contributed by atoms with van der Waals surface area (Å²) >= 11 is 0. The van der Waals surface area contributed by atoms with Crippen molar-refractivity contribution in [3.05, 3.63) is 63.7 Å². The highest BCUT2D eigenvalue weighted by atomic mass is 16.6. The fraction of sp³-hybridized carbons (Fsp3) is 0.500. The molecule has 2 aromatic rings. The van der Waals surface area contributed by atoms with Crippen LogP contribution in [0.5, 0.6) is 5.75 Å². The highest BCUT2D eigenvalue weighted by Gasteiger charge is 2.26. The van der Waals surface area contributed by atoms with Gasteiger partial charge in [0.1, 0.15) is 5.75 Å². The lowest BCUT2D eigenvalue weighted by molar-refractivity contribution is -0.384. The van der Waals surface area contributed by atoms with Gasteiger partial charge in [-0.15, -0.1) is 0 Å². The van der Waals surface area contributed by atoms with Crippen LogP contribution < -0.4 is 10.1 Å². The molecule has 2 rings (SSSR count). The molecule has 0 saturated carbocycles. The number of ether oxygens (including phenoxy) is 1. The van der Waals surface area contributed by atoms with E-state index in [1.165, 1.54) is 23.3 Å². The van der Waals surface area contributed by atoms with E-state index in [1.807, 2.05) is 0 Å². The second-order valence-electron chi connectivity index (χ2n) is 9.49. The number of rotatable bonds is 11. The van der Waals surface area contributed by atoms with Crippen molar-refractivity contribution in [3.63, 3.8) is 0 Å². The third-order valence-corrected chi connectivity index (χ3v) is 6.40. The first-order valence-corrected chi connectivity index (χ1v) is 11.3. The Kier molecular flexibility index (Phi) is 8.42. The van der Waals surface area contributed by atoms with Gasteiger partial charge >= 0.3 is 0 Å². The first-order valence-electron chi connectivity index (χ1n) is 11.3. The number of carbonyl (C=O) groups excluding carboxylic acids is 1. The minimum Gasteiger partial charge on any atom is -0.493 e. The number of anilines is 1. The smallest absolute Gasteiger partial charge is 0.271 e. The van der Waals surface area contributed by atoms with Gasteiger partial charge in [0.05, 0.1) is 11.5 Å². The predicted molar refractivity (Wildman–Crippen MR) is 130 cm³/mol. The van der Waals surface area contributed by atoms with Crippen molar-refractivity contribution in [2.75, 3.05) is 11.9 Å². The summed E-state index contributed by atoms with van der Waals surface area (Å²) in [5.41, 5.74) is 2.95. The fourth-order valence-electron chi connectivity index (χ4n) is 3.34. The van der Waals surface area contributed by atoms with E-state index in [4.69, 9.17) is 4.74 Å². The molecule has 0 aliphatic carbocycles. The van der Waals surface area contributed by atoms with Crippen LogP contribution in [-0.2, 0) is 15.6 Å². The molecule has 0 radical (unpaired) electrons. The van der Waals surface area contributed by atoms with Crippen molar-refractivity contribution in [2.45, 2.75) is 78.1 Å². The Morgan fingerprint density at radius 2 is 1.72 bits per heavy atom. The van der Waals surface area contributed by atoms with E-state index in [0.717, 1.165) is 18.6 Å². The summed E-state index contributed by atoms with van der Waals surface area (Å²) in [5, 5.41) is 13.6. The van der Waals surface area contributed by atoms with Crippen LogP contribution in [-0.4, -0.2) is 17.4 Å². The molecule has 0 atom stereocenters. The molecule has 0 aromatic heterocycles. The van der Waals surface area contributed by atoms with E-state index >= 15 is 0 Å². The standard InChI is InChI=1S/C26H36N2O4/c1-7-25(3,4)19-14-15-23(22(17-19)26(5,6)8-2)32-16-10-13-24(29)27-20-11-9-12-21(18-20)28(30)31/h9,11-12,14-15,17-18H,7-8,10,13,16H2,1-6H3,(H,27,29). The maximum Gasteiger partial charge on any atom is 0.271 e. The number of nitro groups is 1. The number of non-ortho nitro benzene ring substituents is 1. The van der Waals surface area contributed by atoms with Crippen LogP contribution in [0.25, 0.3) is 0 Å². The lowest BCUT2D eigenvalue weighted by Crippen LogP contribution is -2.21. The molecule has 0 heterocycles. The molecule has 0 aliphatic rings. The number of nitrogens with one attached hydrogen (secondary N) is 1. The number of hydrogen-bond acceptors (Lipinski definition) is 4. The number of nitro benzene ring substituents is 1. The van der Waals surface area contributed by atoms with Crippen LogP contribution in [0.4, 0.5) is 11.4 Å². The molecule has 1 N–H and O–H groups in total. The molecule has 2 aromatic carbocycles. The van der Waals surface area contributed by atoms with Gasteiger partial charge in [0.2, 0.25) is 5.91 Å². The quantitative estimate of drug-likeness (QED) is 0.237. The molecule has 6 nitrogen and oxygen atoms in total. The molecule has 32 heavy (non-hydrogen) atoms. The summed E-state index contributed by atoms with van der Waals surface area (Å²) in [6, 6.07) is 12.4. The number of carbonyl (C=O) groups is 1. The molecule has 0 saturated heterocycles. The fourth-order valence-corrected chi connectivity index (χ4v) is 3.34. The zero-order valence-corrected chi connectivity index (χ0v) is 20.2. The minimum atomic E-state index is -0.480. The van der Waals surface area contributed by atoms with Gasteiger partial charge in [0.25, 0.3) is 5.69 Å². The molecule has 0 spiro atoms. The van der Waals surface area contributed by atoms with E-state index in [9.17, 15) is 14.9 Å². The zero-order chi connectivity index (χ0) is 23.9. The molecular formula is C26H36N2O4. The van der Waals surface area contributed by atoms with Gasteiger partial charge in [0.15, 0.2) is 0 Å². The third kappa shape index (κ3) is 6.55. The summed E-state index contributed by atoms with van der Waals surface area (Å²) in [7, 11) is 0. The normalized spacial score (nSPS) is 11.8. The second kappa shape index (κ2) is 10.6. The highest BCUT2D eigenvalue weighted by Crippen LogP contribution is 2.38. The summed E-state index contributed by atoms with van der Waals surface area (Å²) in [4.78, 5) is 22.6. The lowest BCUT2D eigenvalue weighted by Gasteiger charge is -2.30. The summed E-state index contributed by atoms with van der Waals surface area (Å²) in [6.07, 6.45) is 2.87. The average molecular weight is 441 g/mol. The van der Waals surface area contributed by atoms with Crippen molar-refractivity contribution in [2.24, 2.45) is 0 Å². The Hall–Kier alpha value is -2.89. The summed E-state index contributed by atoms with van der Waals surface area (Å²) in [6.45, 7) is 13.8. The molecule has 0 aliphatic heterocycles. The molecule has 174 valence electrons. The predicted octanol–water partition coefficient (Wildman–Crippen LogP) is 6.77. The Labute approximate surface area is 191 Å². The van der Waals surface area contributed by atoms with Crippen LogP contribution in [0, 0.1) is 10.1 Å². The topological polar surface area (TPSA) is 81.5 Å². The van der Waals surface area contributed by atoms with Crippen molar-refractivity contribution in [3.8, 4) is 5.75 Å². The highest BCUT2D eigenvalue weighted by molar-refractivity contribution is 5.90. The second-order valence-corrected chi connectivity index (χ2v) is 9.49. The van der Waals surface area contributed by atoms with Gasteiger partial charge in [-0.1, -0.05) is 59.7 Å². The van der Waals surface area contributed by atoms with E-state index in [1.54, 1.807) is 12.1 Å². The average Bonchev–Trinajstić information content (AvgIpc) is 2.76. The number of amides is 1. The van der Waals surface area contributed by atoms with Crippen LogP contribution in [0.1, 0.15) is 78.4 Å². The summed E-state index contributed by atoms with van der Waals surface area (Å²) < 4.78 is 6.11. The van der Waals surface area contributed by atoms with Gasteiger partial charge in [-0.05, 0) is 47.8 Å². The largest absolute Gasteiger partial charge is 0.493 e. The summed E-state index contributed by atoms with van der Waals surface area (Å²) in [5.74, 6) is 0.676. The van der Waals surface area contributed by atoms with Crippen LogP contribution >= 0.6 is 0 Å².